The van der Waals surface area contributed by atoms with E-state index in [4.69, 9.17) is 15.2 Å². The first-order valence-electron chi connectivity index (χ1n) is 8.50. The van der Waals surface area contributed by atoms with Gasteiger partial charge in [0.05, 0.1) is 6.54 Å². The summed E-state index contributed by atoms with van der Waals surface area (Å²) < 4.78 is 11.1. The molecule has 1 aliphatic heterocycles. The fraction of sp³-hybridized carbons (Fsp3) is 0.263. The van der Waals surface area contributed by atoms with Gasteiger partial charge in [-0.15, -0.1) is 0 Å². The largest absolute Gasteiger partial charge is 0.486 e. The van der Waals surface area contributed by atoms with Crippen LogP contribution < -0.4 is 25.8 Å². The smallest absolute Gasteiger partial charge is 0.319 e. The highest BCUT2D eigenvalue weighted by Crippen LogP contribution is 2.30. The number of quaternary nitrogens is 1. The normalized spacial score (nSPS) is 13.7. The Morgan fingerprint density at radius 1 is 1.08 bits per heavy atom. The zero-order chi connectivity index (χ0) is 18.4. The van der Waals surface area contributed by atoms with Crippen LogP contribution in [0, 0.1) is 0 Å². The Morgan fingerprint density at radius 2 is 1.81 bits per heavy atom. The average Bonchev–Trinajstić information content (AvgIpc) is 2.65. The molecule has 136 valence electrons. The molecule has 0 fully saturated rings. The number of amides is 3. The van der Waals surface area contributed by atoms with Crippen LogP contribution in [0.4, 0.5) is 4.79 Å². The number of nitrogens with two attached hydrogens (primary N) is 2. The van der Waals surface area contributed by atoms with E-state index >= 15 is 0 Å². The van der Waals surface area contributed by atoms with Gasteiger partial charge in [-0.1, -0.05) is 36.4 Å². The van der Waals surface area contributed by atoms with E-state index in [-0.39, 0.29) is 0 Å². The van der Waals surface area contributed by atoms with Crippen molar-refractivity contribution in [2.45, 2.75) is 12.5 Å². The van der Waals surface area contributed by atoms with Crippen molar-refractivity contribution in [1.82, 2.24) is 5.32 Å². The van der Waals surface area contributed by atoms with Crippen LogP contribution in [0.3, 0.4) is 0 Å². The summed E-state index contributed by atoms with van der Waals surface area (Å²) in [5.41, 5.74) is 6.99. The molecule has 0 unspecified atom stereocenters. The number of ether oxygens (including phenoxy) is 2. The predicted molar refractivity (Wildman–Crippen MR) is 94.8 cm³/mol. The molecular weight excluding hydrogens is 334 g/mol. The molecule has 1 heterocycles. The summed E-state index contributed by atoms with van der Waals surface area (Å²) >= 11 is 0. The molecule has 3 rings (SSSR count). The third kappa shape index (κ3) is 4.52. The fourth-order valence-corrected chi connectivity index (χ4v) is 2.91. The van der Waals surface area contributed by atoms with Gasteiger partial charge >= 0.3 is 6.03 Å². The van der Waals surface area contributed by atoms with Crippen molar-refractivity contribution in [2.24, 2.45) is 5.73 Å². The number of benzene rings is 2. The molecule has 26 heavy (non-hydrogen) atoms. The molecule has 1 atom stereocenters. The minimum atomic E-state index is -0.851. The summed E-state index contributed by atoms with van der Waals surface area (Å²) in [5, 5.41) is 4.06. The molecule has 3 amide bonds. The number of hydrogen-bond acceptors (Lipinski definition) is 4. The van der Waals surface area contributed by atoms with E-state index in [1.54, 1.807) is 0 Å². The van der Waals surface area contributed by atoms with E-state index in [9.17, 15) is 9.59 Å². The Balaban J connectivity index is 1.64. The van der Waals surface area contributed by atoms with E-state index < -0.39 is 18.0 Å². The van der Waals surface area contributed by atoms with Crippen LogP contribution in [0.1, 0.15) is 17.2 Å². The zero-order valence-electron chi connectivity index (χ0n) is 14.3. The number of urea groups is 1. The molecular formula is C19H22N3O4+. The molecule has 1 aliphatic rings. The van der Waals surface area contributed by atoms with Gasteiger partial charge in [0.25, 0.3) is 5.91 Å². The van der Waals surface area contributed by atoms with E-state index in [0.717, 1.165) is 29.0 Å². The Morgan fingerprint density at radius 3 is 2.54 bits per heavy atom. The molecule has 0 aliphatic carbocycles. The third-order valence-corrected chi connectivity index (χ3v) is 4.13. The predicted octanol–water partition coefficient (Wildman–Crippen LogP) is 0.500. The van der Waals surface area contributed by atoms with Crippen LogP contribution in [0.25, 0.3) is 0 Å². The second kappa shape index (κ2) is 8.35. The second-order valence-electron chi connectivity index (χ2n) is 5.99. The van der Waals surface area contributed by atoms with Gasteiger partial charge in [-0.2, -0.15) is 0 Å². The lowest BCUT2D eigenvalue weighted by Gasteiger charge is -2.19. The number of carbonyl (C=O) groups is 2. The number of hydrogen-bond donors (Lipinski definition) is 3. The maximum absolute atomic E-state index is 12.3. The summed E-state index contributed by atoms with van der Waals surface area (Å²) in [7, 11) is 0. The Hall–Kier alpha value is -3.06. The number of nitrogens with one attached hydrogen (secondary N) is 1. The van der Waals surface area contributed by atoms with Crippen molar-refractivity contribution < 1.29 is 24.4 Å². The van der Waals surface area contributed by atoms with Crippen molar-refractivity contribution in [3.8, 4) is 11.5 Å². The number of primary amides is 1. The molecule has 7 nitrogen and oxygen atoms in total. The summed E-state index contributed by atoms with van der Waals surface area (Å²) in [5.74, 6) is 1.08. The van der Waals surface area contributed by atoms with Crippen LogP contribution >= 0.6 is 0 Å². The highest BCUT2D eigenvalue weighted by Gasteiger charge is 2.24. The van der Waals surface area contributed by atoms with Crippen LogP contribution in [0.15, 0.2) is 48.5 Å². The summed E-state index contributed by atoms with van der Waals surface area (Å²) in [6.45, 7) is 1.77. The van der Waals surface area contributed by atoms with Crippen molar-refractivity contribution >= 4 is 11.9 Å². The number of fused-ring (bicyclic) bond motifs is 1. The Kier molecular flexibility index (Phi) is 5.70. The molecule has 7 heteroatoms. The van der Waals surface area contributed by atoms with E-state index in [1.807, 2.05) is 53.8 Å². The quantitative estimate of drug-likeness (QED) is 0.700. The van der Waals surface area contributed by atoms with Crippen LogP contribution in [-0.2, 0) is 11.2 Å². The summed E-state index contributed by atoms with van der Waals surface area (Å²) in [4.78, 5) is 23.3. The number of carbonyl (C=O) groups excluding carboxylic acids is 2. The van der Waals surface area contributed by atoms with Crippen LogP contribution in [0.5, 0.6) is 11.5 Å². The van der Waals surface area contributed by atoms with Crippen molar-refractivity contribution in [1.29, 1.82) is 0 Å². The van der Waals surface area contributed by atoms with Gasteiger partial charge in [0.1, 0.15) is 13.2 Å². The molecule has 2 aromatic carbocycles. The maximum Gasteiger partial charge on any atom is 0.319 e. The van der Waals surface area contributed by atoms with Crippen molar-refractivity contribution in [2.75, 3.05) is 19.8 Å². The first-order valence-corrected chi connectivity index (χ1v) is 8.50. The van der Waals surface area contributed by atoms with Gasteiger partial charge in [-0.25, -0.2) is 4.79 Å². The van der Waals surface area contributed by atoms with Crippen molar-refractivity contribution in [3.05, 3.63) is 59.7 Å². The molecule has 5 N–H and O–H groups in total. The molecule has 0 radical (unpaired) electrons. The third-order valence-electron chi connectivity index (χ3n) is 4.13. The van der Waals surface area contributed by atoms with Gasteiger partial charge in [0, 0.05) is 12.0 Å². The monoisotopic (exact) mass is 356 g/mol. The minimum Gasteiger partial charge on any atom is -0.486 e. The molecule has 0 spiro atoms. The van der Waals surface area contributed by atoms with Crippen molar-refractivity contribution in [3.63, 3.8) is 0 Å². The minimum absolute atomic E-state index is 0.425. The molecule has 0 saturated carbocycles. The molecule has 0 bridgehead atoms. The number of rotatable bonds is 6. The Bertz CT molecular complexity index is 780. The SMILES string of the molecule is NC(=O)NC(=O)[C@H]([NH2+]CCc1ccc2c(c1)OCCO2)c1ccccc1. The maximum atomic E-state index is 12.3. The average molecular weight is 356 g/mol. The van der Waals surface area contributed by atoms with Gasteiger partial charge in [-0.3, -0.25) is 10.1 Å². The first kappa shape index (κ1) is 17.8. The molecule has 0 saturated heterocycles. The topological polar surface area (TPSA) is 107 Å². The van der Waals surface area contributed by atoms with E-state index in [0.29, 0.717) is 19.8 Å². The molecule has 2 aromatic rings. The van der Waals surface area contributed by atoms with Gasteiger partial charge in [0.2, 0.25) is 0 Å². The standard InChI is InChI=1S/C19H21N3O4/c20-19(24)22-18(23)17(14-4-2-1-3-5-14)21-9-8-13-6-7-15-16(12-13)26-11-10-25-15/h1-7,12,17,21H,8-11H2,(H3,20,22,23,24)/p+1/t17-/m1/s1. The highest BCUT2D eigenvalue weighted by molar-refractivity contribution is 5.96. The van der Waals surface area contributed by atoms with Crippen LogP contribution in [-0.4, -0.2) is 31.7 Å². The van der Waals surface area contributed by atoms with Crippen LogP contribution in [0.2, 0.25) is 0 Å². The lowest BCUT2D eigenvalue weighted by Crippen LogP contribution is -2.88. The fourth-order valence-electron chi connectivity index (χ4n) is 2.91. The highest BCUT2D eigenvalue weighted by atomic mass is 16.6. The van der Waals surface area contributed by atoms with E-state index in [2.05, 4.69) is 5.32 Å². The lowest BCUT2D eigenvalue weighted by molar-refractivity contribution is -0.682. The van der Waals surface area contributed by atoms with E-state index in [1.165, 1.54) is 0 Å². The molecule has 0 aromatic heterocycles. The first-order chi connectivity index (χ1) is 12.6. The lowest BCUT2D eigenvalue weighted by atomic mass is 10.1. The van der Waals surface area contributed by atoms with Gasteiger partial charge in [0.15, 0.2) is 17.5 Å². The summed E-state index contributed by atoms with van der Waals surface area (Å²) in [6.07, 6.45) is 0.740. The van der Waals surface area contributed by atoms with Gasteiger partial charge in [-0.05, 0) is 17.7 Å². The zero-order valence-corrected chi connectivity index (χ0v) is 14.3. The van der Waals surface area contributed by atoms with Gasteiger partial charge < -0.3 is 20.5 Å². The second-order valence-corrected chi connectivity index (χ2v) is 5.99. The Labute approximate surface area is 151 Å². The number of imide groups is 1. The summed E-state index contributed by atoms with van der Waals surface area (Å²) in [6, 6.07) is 13.8.